The second-order valence-corrected chi connectivity index (χ2v) is 6.35. The summed E-state index contributed by atoms with van der Waals surface area (Å²) < 4.78 is 16.6. The molecule has 0 heterocycles. The molecule has 0 fully saturated rings. The molecule has 0 spiro atoms. The predicted octanol–water partition coefficient (Wildman–Crippen LogP) is 5.23. The van der Waals surface area contributed by atoms with Crippen LogP contribution in [0.1, 0.15) is 51.7 Å². The summed E-state index contributed by atoms with van der Waals surface area (Å²) in [5, 5.41) is 0. The molecule has 0 aliphatic carbocycles. The molecule has 5 nitrogen and oxygen atoms in total. The van der Waals surface area contributed by atoms with Gasteiger partial charge in [-0.1, -0.05) is 38.8 Å². The highest BCUT2D eigenvalue weighted by molar-refractivity contribution is 5.75. The number of aryl methyl sites for hydroxylation is 2. The molecule has 0 bridgehead atoms. The van der Waals surface area contributed by atoms with Crippen molar-refractivity contribution in [3.05, 3.63) is 47.5 Å². The number of hydrogen-bond acceptors (Lipinski definition) is 5. The summed E-state index contributed by atoms with van der Waals surface area (Å²) in [5.41, 5.74) is 2.16. The molecular weight excluding hydrogens is 344 g/mol. The van der Waals surface area contributed by atoms with Gasteiger partial charge in [0.25, 0.3) is 0 Å². The van der Waals surface area contributed by atoms with Gasteiger partial charge in [-0.05, 0) is 48.2 Å². The van der Waals surface area contributed by atoms with E-state index in [1.807, 2.05) is 30.3 Å². The molecule has 0 aromatic heterocycles. The number of esters is 2. The zero-order chi connectivity index (χ0) is 19.8. The molecule has 2 aromatic rings. The van der Waals surface area contributed by atoms with Crippen molar-refractivity contribution >= 4 is 11.9 Å². The summed E-state index contributed by atoms with van der Waals surface area (Å²) in [6.45, 7) is 6.78. The monoisotopic (exact) mass is 370 g/mol. The van der Waals surface area contributed by atoms with Crippen molar-refractivity contribution in [2.24, 2.45) is 0 Å². The molecule has 0 aliphatic rings. The number of carbonyl (C=O) groups is 2. The molecule has 0 N–H and O–H groups in total. The maximum absolute atomic E-state index is 11.6. The zero-order valence-corrected chi connectivity index (χ0v) is 16.3. The van der Waals surface area contributed by atoms with Crippen LogP contribution in [0.25, 0.3) is 0 Å². The Morgan fingerprint density at radius 2 is 1.33 bits per heavy atom. The van der Waals surface area contributed by atoms with E-state index in [0.717, 1.165) is 31.2 Å². The summed E-state index contributed by atoms with van der Waals surface area (Å²) in [7, 11) is 0. The van der Waals surface area contributed by atoms with E-state index in [2.05, 4.69) is 13.8 Å². The average molecular weight is 370 g/mol. The maximum atomic E-state index is 11.6. The minimum absolute atomic E-state index is 0.107. The largest absolute Gasteiger partial charge is 0.453 e. The summed E-state index contributed by atoms with van der Waals surface area (Å²) in [6, 6.07) is 11.3. The highest BCUT2D eigenvalue weighted by atomic mass is 16.6. The first kappa shape index (κ1) is 20.5. The fourth-order valence-electron chi connectivity index (χ4n) is 2.75. The average Bonchev–Trinajstić information content (AvgIpc) is 2.59. The Kier molecular flexibility index (Phi) is 7.41. The highest BCUT2D eigenvalue weighted by Gasteiger charge is 2.19. The van der Waals surface area contributed by atoms with Gasteiger partial charge in [0.1, 0.15) is 5.75 Å². The molecule has 2 rings (SSSR count). The zero-order valence-electron chi connectivity index (χ0n) is 16.3. The third-order valence-corrected chi connectivity index (χ3v) is 3.81. The van der Waals surface area contributed by atoms with Gasteiger partial charge in [-0.15, -0.1) is 0 Å². The first-order valence-electron chi connectivity index (χ1n) is 9.23. The van der Waals surface area contributed by atoms with Gasteiger partial charge in [-0.2, -0.15) is 0 Å². The number of ether oxygens (including phenoxy) is 3. The lowest BCUT2D eigenvalue weighted by molar-refractivity contribution is -0.134. The Balaban J connectivity index is 2.44. The van der Waals surface area contributed by atoms with Gasteiger partial charge < -0.3 is 14.2 Å². The van der Waals surface area contributed by atoms with E-state index in [1.165, 1.54) is 19.4 Å². The van der Waals surface area contributed by atoms with Crippen LogP contribution in [-0.4, -0.2) is 11.9 Å². The molecule has 0 aliphatic heterocycles. The molecular formula is C22H26O5. The Morgan fingerprint density at radius 1 is 0.778 bits per heavy atom. The van der Waals surface area contributed by atoms with E-state index >= 15 is 0 Å². The Hall–Kier alpha value is -2.82. The van der Waals surface area contributed by atoms with Crippen molar-refractivity contribution in [2.75, 3.05) is 0 Å². The second-order valence-electron chi connectivity index (χ2n) is 6.35. The molecule has 27 heavy (non-hydrogen) atoms. The normalized spacial score (nSPS) is 10.4. The van der Waals surface area contributed by atoms with Gasteiger partial charge in [0.15, 0.2) is 11.5 Å². The number of carbonyl (C=O) groups excluding carboxylic acids is 2. The molecule has 144 valence electrons. The van der Waals surface area contributed by atoms with Crippen LogP contribution in [-0.2, 0) is 22.4 Å². The van der Waals surface area contributed by atoms with E-state index in [4.69, 9.17) is 14.2 Å². The van der Waals surface area contributed by atoms with Crippen molar-refractivity contribution in [2.45, 2.75) is 53.4 Å². The van der Waals surface area contributed by atoms with E-state index in [9.17, 15) is 9.59 Å². The van der Waals surface area contributed by atoms with Crippen LogP contribution < -0.4 is 14.2 Å². The Morgan fingerprint density at radius 3 is 1.89 bits per heavy atom. The van der Waals surface area contributed by atoms with Crippen LogP contribution >= 0.6 is 0 Å². The van der Waals surface area contributed by atoms with Crippen LogP contribution in [0.15, 0.2) is 36.4 Å². The maximum Gasteiger partial charge on any atom is 0.308 e. The topological polar surface area (TPSA) is 61.8 Å². The molecule has 0 atom stereocenters. The third-order valence-electron chi connectivity index (χ3n) is 3.81. The van der Waals surface area contributed by atoms with E-state index in [0.29, 0.717) is 11.5 Å². The molecule has 5 heteroatoms. The van der Waals surface area contributed by atoms with Crippen molar-refractivity contribution in [1.29, 1.82) is 0 Å². The van der Waals surface area contributed by atoms with Crippen molar-refractivity contribution in [1.82, 2.24) is 0 Å². The highest BCUT2D eigenvalue weighted by Crippen LogP contribution is 2.41. The van der Waals surface area contributed by atoms with E-state index in [-0.39, 0.29) is 11.5 Å². The van der Waals surface area contributed by atoms with Crippen molar-refractivity contribution in [3.8, 4) is 23.0 Å². The molecule has 0 saturated heterocycles. The van der Waals surface area contributed by atoms with Crippen LogP contribution in [0.4, 0.5) is 0 Å². The number of rotatable bonds is 8. The fraction of sp³-hybridized carbons (Fsp3) is 0.364. The SMILES string of the molecule is CCCc1ccc(Oc2cc(CCC)cc(OC(C)=O)c2OC(C)=O)cc1. The molecule has 0 saturated carbocycles. The summed E-state index contributed by atoms with van der Waals surface area (Å²) in [6.07, 6.45) is 3.77. The van der Waals surface area contributed by atoms with Crippen molar-refractivity contribution in [3.63, 3.8) is 0 Å². The van der Waals surface area contributed by atoms with Gasteiger partial charge in [-0.25, -0.2) is 0 Å². The molecule has 0 unspecified atom stereocenters. The molecule has 0 radical (unpaired) electrons. The first-order chi connectivity index (χ1) is 12.9. The number of hydrogen-bond donors (Lipinski definition) is 0. The summed E-state index contributed by atoms with van der Waals surface area (Å²) in [4.78, 5) is 23.1. The Labute approximate surface area is 160 Å². The van der Waals surface area contributed by atoms with Crippen LogP contribution in [0.5, 0.6) is 23.0 Å². The number of benzene rings is 2. The van der Waals surface area contributed by atoms with Crippen LogP contribution in [0, 0.1) is 0 Å². The van der Waals surface area contributed by atoms with E-state index in [1.54, 1.807) is 6.07 Å². The fourth-order valence-corrected chi connectivity index (χ4v) is 2.75. The first-order valence-corrected chi connectivity index (χ1v) is 9.23. The quantitative estimate of drug-likeness (QED) is 0.470. The Bertz CT molecular complexity index is 793. The van der Waals surface area contributed by atoms with Gasteiger partial charge >= 0.3 is 11.9 Å². The van der Waals surface area contributed by atoms with E-state index < -0.39 is 11.9 Å². The minimum Gasteiger partial charge on any atom is -0.453 e. The van der Waals surface area contributed by atoms with Crippen molar-refractivity contribution < 1.29 is 23.8 Å². The molecule has 0 amide bonds. The van der Waals surface area contributed by atoms with Crippen LogP contribution in [0.2, 0.25) is 0 Å². The lowest BCUT2D eigenvalue weighted by atomic mass is 10.1. The summed E-state index contributed by atoms with van der Waals surface area (Å²) in [5.74, 6) is 0.236. The summed E-state index contributed by atoms with van der Waals surface area (Å²) >= 11 is 0. The van der Waals surface area contributed by atoms with Gasteiger partial charge in [-0.3, -0.25) is 9.59 Å². The predicted molar refractivity (Wildman–Crippen MR) is 104 cm³/mol. The smallest absolute Gasteiger partial charge is 0.308 e. The van der Waals surface area contributed by atoms with Gasteiger partial charge in [0.2, 0.25) is 5.75 Å². The lowest BCUT2D eigenvalue weighted by Crippen LogP contribution is -2.09. The molecule has 2 aromatic carbocycles. The van der Waals surface area contributed by atoms with Gasteiger partial charge in [0, 0.05) is 13.8 Å². The third kappa shape index (κ3) is 6.13. The lowest BCUT2D eigenvalue weighted by Gasteiger charge is -2.16. The second kappa shape index (κ2) is 9.76. The standard InChI is InChI=1S/C22H26O5/c1-5-7-17-9-11-19(12-10-17)27-21-14-18(8-6-2)13-20(25-15(3)23)22(21)26-16(4)24/h9-14H,5-8H2,1-4H3. The minimum atomic E-state index is -0.519. The van der Waals surface area contributed by atoms with Gasteiger partial charge in [0.05, 0.1) is 0 Å². The van der Waals surface area contributed by atoms with Crippen LogP contribution in [0.3, 0.4) is 0 Å².